The number of likely N-dealkylation sites (tertiary alicyclic amines) is 2. The first kappa shape index (κ1) is 101. The average molecular weight is 2000 g/mol. The summed E-state index contributed by atoms with van der Waals surface area (Å²) in [6.45, 7) is 5.80. The number of likely N-dealkylation sites (N-methyl/N-ethyl adjacent to an activating group) is 1. The van der Waals surface area contributed by atoms with E-state index >= 15 is 0 Å². The number of hydrogen-bond donors (Lipinski definition) is 13. The van der Waals surface area contributed by atoms with Crippen molar-refractivity contribution in [3.63, 3.8) is 0 Å². The molecule has 15 aromatic rings. The number of aliphatic hydroxyl groups is 1. The highest BCUT2D eigenvalue weighted by molar-refractivity contribution is 6.32. The molecule has 31 nitrogen and oxygen atoms in total. The van der Waals surface area contributed by atoms with Gasteiger partial charge < -0.3 is 81.9 Å². The summed E-state index contributed by atoms with van der Waals surface area (Å²) in [7, 11) is 3.32. The van der Waals surface area contributed by atoms with Crippen LogP contribution in [0.4, 0.5) is 13.2 Å². The zero-order chi connectivity index (χ0) is 99.4. The van der Waals surface area contributed by atoms with Crippen LogP contribution in [0.2, 0.25) is 25.5 Å². The molecule has 12 heterocycles. The maximum Gasteiger partial charge on any atom is 0.268 e. The minimum absolute atomic E-state index is 0.0597. The maximum absolute atomic E-state index is 13.2. The van der Waals surface area contributed by atoms with Gasteiger partial charge in [0.1, 0.15) is 91.6 Å². The van der Waals surface area contributed by atoms with Gasteiger partial charge in [0.05, 0.1) is 41.2 Å². The first-order valence-corrected chi connectivity index (χ1v) is 46.7. The van der Waals surface area contributed by atoms with E-state index in [1.807, 2.05) is 49.1 Å². The third kappa shape index (κ3) is 28.4. The number of carbonyl (C=O) groups excluding carboxylic acids is 10. The molecule has 0 radical (unpaired) electrons. The molecule has 1 aliphatic carbocycles. The zero-order valence-electron chi connectivity index (χ0n) is 76.0. The number of carbonyl (C=O) groups is 10. The lowest BCUT2D eigenvalue weighted by atomic mass is 10.0. The van der Waals surface area contributed by atoms with Gasteiger partial charge in [-0.15, -0.1) is 0 Å². The normalized spacial score (nSPS) is 14.3. The fraction of sp³-hybridized carbons (Fsp3) is 0.257. The third-order valence-electron chi connectivity index (χ3n) is 22.9. The second-order valence-electron chi connectivity index (χ2n) is 34.3. The van der Waals surface area contributed by atoms with Crippen molar-refractivity contribution in [2.45, 2.75) is 126 Å². The molecule has 6 atom stereocenters. The first-order chi connectivity index (χ1) is 67.2. The van der Waals surface area contributed by atoms with Crippen LogP contribution in [-0.4, -0.2) is 217 Å². The summed E-state index contributed by atoms with van der Waals surface area (Å²) < 4.78 is 39.6. The first-order valence-electron chi connectivity index (χ1n) is 44.9. The van der Waals surface area contributed by atoms with E-state index in [9.17, 15) is 66.2 Å². The number of aromatic amines is 5. The molecule has 10 aromatic heterocycles. The van der Waals surface area contributed by atoms with Crippen LogP contribution in [0.1, 0.15) is 126 Å². The van der Waals surface area contributed by atoms with Gasteiger partial charge in [-0.05, 0) is 208 Å². The average Bonchev–Trinajstić information content (AvgIpc) is 1.68. The van der Waals surface area contributed by atoms with Crippen LogP contribution in [0.3, 0.4) is 0 Å². The molecule has 3 fully saturated rings. The predicted octanol–water partition coefficient (Wildman–Crippen LogP) is 14.3. The number of aliphatic hydroxyl groups excluding tert-OH is 1. The van der Waals surface area contributed by atoms with E-state index in [4.69, 9.17) is 58.0 Å². The van der Waals surface area contributed by atoms with Crippen LogP contribution in [0, 0.1) is 17.5 Å². The van der Waals surface area contributed by atoms with E-state index in [2.05, 4.69) is 87.1 Å². The van der Waals surface area contributed by atoms with Gasteiger partial charge in [-0.2, -0.15) is 0 Å². The van der Waals surface area contributed by atoms with E-state index in [0.717, 1.165) is 99.1 Å². The number of β-amino-alcohol motifs (C(OH)–C–C–N with tert-alkyl or cyclic N) is 1. The number of fused-ring (bicyclic) bond motifs is 5. The molecule has 0 unspecified atom stereocenters. The standard InChI is InChI=1S/C21H20ClFN4O3.C21H21ClFN3O2.C20H18ClFN4O2.C20H20ClN5O2.C19H19ClN4O2/c22-19-9-13-8-16(25-18(13)10-24-19)20(29)26-17(7-12-1-3-14(23)4-2-12)21(30)27-6-5-15(28)11-27;1-12(2)24-20(27)18(9-13-3-6-16(23)7-4-13)26-21(28)19-11-14-10-15(22)5-8-17(14)25-19;21-18-9-12-8-16(25-17(12)10-23-18)20(28)26-15(19(27)24-14-5-6-14)7-11-1-3-13(22)4-2-11;21-18-10-14-9-15(24-17(14)12-23-18)19(27)25-16(8-13-4-3-5-22-11-13)20(28)26-6-1-2-7-26;1-24(2)19(26)17(11-14-5-3-4-8-21-14)23-18(25)16-10-12-9-13(20)6-7-15(12)22-16/h1-4,8-10,15,17,25,28H,5-7,11H2,(H,26,29);3-8,10-12,18,25H,9H2,1-2H3,(H,24,27)(H,26,28);1-4,8-10,14-15,25H,5-7H2,(H,24,27)(H,26,28);3-5,9-12,16,24H,1-2,6-8H2,(H,25,27);3-10,17,22H,11H2,1-2H3,(H,23,25)/t15-,17-;18-;15-;16-;17-/m00000/s1. The summed E-state index contributed by atoms with van der Waals surface area (Å²) in [5.74, 6) is -4.13. The van der Waals surface area contributed by atoms with Crippen molar-refractivity contribution in [3.8, 4) is 0 Å². The number of nitrogens with one attached hydrogen (secondary N) is 12. The smallest absolute Gasteiger partial charge is 0.268 e. The van der Waals surface area contributed by atoms with E-state index in [1.165, 1.54) is 52.4 Å². The highest BCUT2D eigenvalue weighted by Gasteiger charge is 2.35. The van der Waals surface area contributed by atoms with Crippen LogP contribution < -0.4 is 37.2 Å². The largest absolute Gasteiger partial charge is 0.391 e. The molecule has 18 rings (SSSR count). The van der Waals surface area contributed by atoms with Crippen molar-refractivity contribution in [1.82, 2.24) is 102 Å². The molecule has 10 amide bonds. The Hall–Kier alpha value is -14.6. The Morgan fingerprint density at radius 1 is 0.400 bits per heavy atom. The van der Waals surface area contributed by atoms with Gasteiger partial charge in [0, 0.05) is 157 Å². The minimum atomic E-state index is -0.860. The fourth-order valence-corrected chi connectivity index (χ4v) is 16.5. The maximum atomic E-state index is 13.2. The fourth-order valence-electron chi connectivity index (χ4n) is 15.6. The van der Waals surface area contributed by atoms with Crippen LogP contribution in [0.25, 0.3) is 54.5 Å². The molecule has 1 saturated carbocycles. The van der Waals surface area contributed by atoms with Crippen molar-refractivity contribution >= 4 is 172 Å². The minimum Gasteiger partial charge on any atom is -0.391 e. The van der Waals surface area contributed by atoms with E-state index in [1.54, 1.807) is 166 Å². The predicted molar refractivity (Wildman–Crippen MR) is 529 cm³/mol. The number of pyridine rings is 5. The monoisotopic (exact) mass is 2000 g/mol. The second kappa shape index (κ2) is 47.2. The summed E-state index contributed by atoms with van der Waals surface area (Å²) in [6.07, 6.45) is 14.9. The molecule has 2 aliphatic heterocycles. The number of rotatable bonds is 27. The third-order valence-corrected chi connectivity index (χ3v) is 24.0. The number of H-pyrrole nitrogens is 5. The lowest BCUT2D eigenvalue weighted by Crippen LogP contribution is -2.49. The van der Waals surface area contributed by atoms with Crippen molar-refractivity contribution in [2.75, 3.05) is 40.3 Å². The molecule has 0 spiro atoms. The summed E-state index contributed by atoms with van der Waals surface area (Å²) >= 11 is 29.7. The SMILES string of the molecule is CC(C)NC(=O)[C@H](Cc1ccc(F)cc1)NC(=O)c1cc2cc(Cl)ccc2[nH]1.CN(C)C(=O)[C@H](Cc1ccccn1)NC(=O)c1cc2cc(Cl)ccc2[nH]1.O=C(N[C@@H](Cc1ccc(F)cc1)C(=O)N1CC[C@H](O)C1)c1cc2cc(Cl)ncc2[nH]1.O=C(N[C@@H](Cc1ccc(F)cc1)C(=O)NC1CC1)c1cc2cc(Cl)ncc2[nH]1.O=C(N[C@@H](Cc1cccnc1)C(=O)N1CCCC1)c1cc2cc(Cl)ncc2[nH]1. The Labute approximate surface area is 825 Å². The Balaban J connectivity index is 0.000000139. The summed E-state index contributed by atoms with van der Waals surface area (Å²) in [4.78, 5) is 168. The van der Waals surface area contributed by atoms with Crippen LogP contribution in [0.15, 0.2) is 225 Å². The van der Waals surface area contributed by atoms with E-state index < -0.39 is 54.0 Å². The van der Waals surface area contributed by atoms with E-state index in [0.29, 0.717) is 96.2 Å². The number of amides is 10. The number of hydrogen-bond acceptors (Lipinski definition) is 16. The Morgan fingerprint density at radius 3 is 1.18 bits per heavy atom. The lowest BCUT2D eigenvalue weighted by molar-refractivity contribution is -0.133. The molecule has 140 heavy (non-hydrogen) atoms. The number of benzene rings is 5. The van der Waals surface area contributed by atoms with E-state index in [-0.39, 0.29) is 102 Å². The van der Waals surface area contributed by atoms with Gasteiger partial charge in [0.25, 0.3) is 29.5 Å². The van der Waals surface area contributed by atoms with Gasteiger partial charge in [-0.3, -0.25) is 57.9 Å². The number of aromatic nitrogens is 10. The van der Waals surface area contributed by atoms with Crippen molar-refractivity contribution in [3.05, 3.63) is 325 Å². The molecule has 2 saturated heterocycles. The van der Waals surface area contributed by atoms with Gasteiger partial charge in [0.2, 0.25) is 29.5 Å². The van der Waals surface area contributed by atoms with Gasteiger partial charge >= 0.3 is 0 Å². The number of halogens is 8. The zero-order valence-corrected chi connectivity index (χ0v) is 79.8. The number of nitrogens with zero attached hydrogens (tertiary/aromatic N) is 8. The van der Waals surface area contributed by atoms with Crippen LogP contribution in [0.5, 0.6) is 0 Å². The second-order valence-corrected chi connectivity index (χ2v) is 36.3. The topological polar surface area (TPSA) is 428 Å². The summed E-state index contributed by atoms with van der Waals surface area (Å²) in [5, 5.41) is 35.6. The van der Waals surface area contributed by atoms with Crippen molar-refractivity contribution in [2.24, 2.45) is 0 Å². The van der Waals surface area contributed by atoms with Crippen molar-refractivity contribution in [1.29, 1.82) is 0 Å². The molecule has 39 heteroatoms. The highest BCUT2D eigenvalue weighted by atomic mass is 35.5. The summed E-state index contributed by atoms with van der Waals surface area (Å²) in [6, 6.07) is 47.0. The molecule has 5 aromatic carbocycles. The Morgan fingerprint density at radius 2 is 0.793 bits per heavy atom. The molecule has 724 valence electrons. The molecular weight excluding hydrogens is 1900 g/mol. The summed E-state index contributed by atoms with van der Waals surface area (Å²) in [5.41, 5.74) is 9.10. The quantitative estimate of drug-likeness (QED) is 0.0213. The molecular formula is C101H98Cl5F3N20O11. The van der Waals surface area contributed by atoms with Gasteiger partial charge in [-0.25, -0.2) is 28.1 Å². The Bertz CT molecular complexity index is 6810. The van der Waals surface area contributed by atoms with Crippen molar-refractivity contribution < 1.29 is 66.2 Å². The van der Waals surface area contributed by atoms with Crippen LogP contribution >= 0.6 is 58.0 Å². The molecule has 13 N–H and O–H groups in total. The Kier molecular flexibility index (Phi) is 34.2. The molecule has 0 bridgehead atoms. The van der Waals surface area contributed by atoms with Crippen LogP contribution in [-0.2, 0) is 56.1 Å². The van der Waals surface area contributed by atoms with Gasteiger partial charge in [-0.1, -0.05) is 107 Å². The van der Waals surface area contributed by atoms with Gasteiger partial charge in [0.15, 0.2) is 0 Å². The highest BCUT2D eigenvalue weighted by Crippen LogP contribution is 2.28. The lowest BCUT2D eigenvalue weighted by Gasteiger charge is -2.24. The molecule has 3 aliphatic rings.